The van der Waals surface area contributed by atoms with Gasteiger partial charge in [-0.2, -0.15) is 0 Å². The fourth-order valence-corrected chi connectivity index (χ4v) is 1.92. The summed E-state index contributed by atoms with van der Waals surface area (Å²) in [7, 11) is 0. The molecule has 0 aliphatic carbocycles. The van der Waals surface area contributed by atoms with Crippen molar-refractivity contribution in [3.8, 4) is 0 Å². The van der Waals surface area contributed by atoms with Gasteiger partial charge in [0, 0.05) is 6.04 Å². The average molecular weight is 263 g/mol. The van der Waals surface area contributed by atoms with Crippen LogP contribution in [0.25, 0.3) is 0 Å². The molecule has 1 rings (SSSR count). The van der Waals surface area contributed by atoms with E-state index >= 15 is 0 Å². The molecular weight excluding hydrogens is 242 g/mol. The molecule has 0 aliphatic heterocycles. The number of rotatable bonds is 8. The van der Waals surface area contributed by atoms with Crippen molar-refractivity contribution < 1.29 is 14.3 Å². The molecule has 0 saturated carbocycles. The second kappa shape index (κ2) is 8.43. The van der Waals surface area contributed by atoms with E-state index in [1.165, 1.54) is 0 Å². The SMILES string of the molecule is CCOC(=O)C[C@H](Cc1ccccc1)N[C@@H](C)C=O. The first kappa shape index (κ1) is 15.4. The third-order valence-electron chi connectivity index (χ3n) is 2.75. The molecule has 2 atom stereocenters. The smallest absolute Gasteiger partial charge is 0.307 e. The Bertz CT molecular complexity index is 392. The second-order valence-corrected chi connectivity index (χ2v) is 4.49. The van der Waals surface area contributed by atoms with E-state index in [1.54, 1.807) is 13.8 Å². The van der Waals surface area contributed by atoms with Gasteiger partial charge < -0.3 is 14.8 Å². The third kappa shape index (κ3) is 6.15. The number of esters is 1. The van der Waals surface area contributed by atoms with E-state index in [4.69, 9.17) is 4.74 Å². The van der Waals surface area contributed by atoms with Gasteiger partial charge in [-0.3, -0.25) is 4.79 Å². The normalized spacial score (nSPS) is 13.6. The van der Waals surface area contributed by atoms with E-state index in [0.29, 0.717) is 13.0 Å². The summed E-state index contributed by atoms with van der Waals surface area (Å²) in [5.74, 6) is -0.242. The minimum atomic E-state index is -0.275. The Labute approximate surface area is 114 Å². The van der Waals surface area contributed by atoms with Crippen molar-refractivity contribution >= 4 is 12.3 Å². The summed E-state index contributed by atoms with van der Waals surface area (Å²) in [4.78, 5) is 22.3. The van der Waals surface area contributed by atoms with Crippen molar-refractivity contribution in [1.82, 2.24) is 5.32 Å². The molecule has 0 saturated heterocycles. The topological polar surface area (TPSA) is 55.4 Å². The standard InChI is InChI=1S/C15H21NO3/c1-3-19-15(18)10-14(16-12(2)11-17)9-13-7-5-4-6-8-13/h4-8,11-12,14,16H,3,9-10H2,1-2H3/t12-,14-/m0/s1. The summed E-state index contributed by atoms with van der Waals surface area (Å²) < 4.78 is 4.96. The Kier molecular flexibility index (Phi) is 6.82. The van der Waals surface area contributed by atoms with Crippen LogP contribution in [0.1, 0.15) is 25.8 Å². The van der Waals surface area contributed by atoms with Gasteiger partial charge in [-0.25, -0.2) is 0 Å². The van der Waals surface area contributed by atoms with Gasteiger partial charge in [0.1, 0.15) is 6.29 Å². The van der Waals surface area contributed by atoms with Crippen LogP contribution < -0.4 is 5.32 Å². The lowest BCUT2D eigenvalue weighted by Crippen LogP contribution is -2.40. The van der Waals surface area contributed by atoms with Gasteiger partial charge in [0.2, 0.25) is 0 Å². The van der Waals surface area contributed by atoms with Crippen LogP contribution in [-0.4, -0.2) is 30.9 Å². The molecule has 104 valence electrons. The molecule has 0 fully saturated rings. The van der Waals surface area contributed by atoms with Crippen molar-refractivity contribution in [2.24, 2.45) is 0 Å². The Morgan fingerprint density at radius 1 is 1.37 bits per heavy atom. The zero-order chi connectivity index (χ0) is 14.1. The van der Waals surface area contributed by atoms with Gasteiger partial charge in [0.25, 0.3) is 0 Å². The highest BCUT2D eigenvalue weighted by Crippen LogP contribution is 2.07. The van der Waals surface area contributed by atoms with Crippen LogP contribution in [0.2, 0.25) is 0 Å². The third-order valence-corrected chi connectivity index (χ3v) is 2.75. The van der Waals surface area contributed by atoms with Crippen LogP contribution in [0.3, 0.4) is 0 Å². The number of carbonyl (C=O) groups excluding carboxylic acids is 2. The summed E-state index contributed by atoms with van der Waals surface area (Å²) in [6.07, 6.45) is 1.79. The minimum Gasteiger partial charge on any atom is -0.466 e. The van der Waals surface area contributed by atoms with Crippen LogP contribution in [0.5, 0.6) is 0 Å². The molecule has 1 aromatic rings. The quantitative estimate of drug-likeness (QED) is 0.573. The molecule has 1 aromatic carbocycles. The maximum atomic E-state index is 11.6. The van der Waals surface area contributed by atoms with Crippen LogP contribution in [0, 0.1) is 0 Å². The van der Waals surface area contributed by atoms with E-state index in [-0.39, 0.29) is 24.5 Å². The predicted molar refractivity (Wildman–Crippen MR) is 73.8 cm³/mol. The summed E-state index contributed by atoms with van der Waals surface area (Å²) in [6, 6.07) is 9.51. The Balaban J connectivity index is 2.63. The first-order valence-corrected chi connectivity index (χ1v) is 6.56. The number of nitrogens with one attached hydrogen (secondary N) is 1. The fraction of sp³-hybridized carbons (Fsp3) is 0.467. The van der Waals surface area contributed by atoms with Gasteiger partial charge in [0.15, 0.2) is 0 Å². The number of hydrogen-bond acceptors (Lipinski definition) is 4. The van der Waals surface area contributed by atoms with Crippen molar-refractivity contribution in [1.29, 1.82) is 0 Å². The number of carbonyl (C=O) groups is 2. The molecular formula is C15H21NO3. The molecule has 0 amide bonds. The van der Waals surface area contributed by atoms with Crippen LogP contribution in [0.15, 0.2) is 30.3 Å². The average Bonchev–Trinajstić information content (AvgIpc) is 2.39. The minimum absolute atomic E-state index is 0.0957. The number of hydrogen-bond donors (Lipinski definition) is 1. The zero-order valence-electron chi connectivity index (χ0n) is 11.5. The predicted octanol–water partition coefficient (Wildman–Crippen LogP) is 1.73. The lowest BCUT2D eigenvalue weighted by molar-refractivity contribution is -0.143. The van der Waals surface area contributed by atoms with E-state index in [2.05, 4.69) is 5.32 Å². The van der Waals surface area contributed by atoms with Crippen LogP contribution >= 0.6 is 0 Å². The Morgan fingerprint density at radius 3 is 2.63 bits per heavy atom. The van der Waals surface area contributed by atoms with Gasteiger partial charge in [-0.15, -0.1) is 0 Å². The largest absolute Gasteiger partial charge is 0.466 e. The molecule has 0 unspecified atom stereocenters. The fourth-order valence-electron chi connectivity index (χ4n) is 1.92. The molecule has 19 heavy (non-hydrogen) atoms. The highest BCUT2D eigenvalue weighted by Gasteiger charge is 2.17. The van der Waals surface area contributed by atoms with Gasteiger partial charge >= 0.3 is 5.97 Å². The van der Waals surface area contributed by atoms with Crippen molar-refractivity contribution in [2.45, 2.75) is 38.8 Å². The maximum Gasteiger partial charge on any atom is 0.307 e. The lowest BCUT2D eigenvalue weighted by Gasteiger charge is -2.20. The molecule has 0 heterocycles. The molecule has 0 radical (unpaired) electrons. The maximum absolute atomic E-state index is 11.6. The number of ether oxygens (including phenoxy) is 1. The van der Waals surface area contributed by atoms with Crippen LogP contribution in [-0.2, 0) is 20.7 Å². The van der Waals surface area contributed by atoms with E-state index in [0.717, 1.165) is 11.8 Å². The molecule has 0 bridgehead atoms. The highest BCUT2D eigenvalue weighted by molar-refractivity contribution is 5.70. The van der Waals surface area contributed by atoms with E-state index in [1.807, 2.05) is 30.3 Å². The molecule has 4 nitrogen and oxygen atoms in total. The molecule has 0 aliphatic rings. The van der Waals surface area contributed by atoms with E-state index < -0.39 is 0 Å². The number of aldehydes is 1. The molecule has 0 aromatic heterocycles. The van der Waals surface area contributed by atoms with Gasteiger partial charge in [-0.1, -0.05) is 30.3 Å². The van der Waals surface area contributed by atoms with Crippen LogP contribution in [0.4, 0.5) is 0 Å². The monoisotopic (exact) mass is 263 g/mol. The lowest BCUT2D eigenvalue weighted by atomic mass is 10.0. The summed E-state index contributed by atoms with van der Waals surface area (Å²) in [6.45, 7) is 3.93. The molecule has 0 spiro atoms. The summed E-state index contributed by atoms with van der Waals surface area (Å²) in [5, 5.41) is 3.14. The van der Waals surface area contributed by atoms with E-state index in [9.17, 15) is 9.59 Å². The first-order valence-electron chi connectivity index (χ1n) is 6.56. The molecule has 4 heteroatoms. The van der Waals surface area contributed by atoms with Gasteiger partial charge in [-0.05, 0) is 25.8 Å². The Morgan fingerprint density at radius 2 is 2.05 bits per heavy atom. The van der Waals surface area contributed by atoms with Crippen molar-refractivity contribution in [3.63, 3.8) is 0 Å². The van der Waals surface area contributed by atoms with Crippen molar-refractivity contribution in [3.05, 3.63) is 35.9 Å². The molecule has 1 N–H and O–H groups in total. The summed E-state index contributed by atoms with van der Waals surface area (Å²) in [5.41, 5.74) is 1.13. The Hall–Kier alpha value is -1.68. The summed E-state index contributed by atoms with van der Waals surface area (Å²) >= 11 is 0. The second-order valence-electron chi connectivity index (χ2n) is 4.49. The van der Waals surface area contributed by atoms with Crippen molar-refractivity contribution in [2.75, 3.05) is 6.61 Å². The van der Waals surface area contributed by atoms with Gasteiger partial charge in [0.05, 0.1) is 19.1 Å². The highest BCUT2D eigenvalue weighted by atomic mass is 16.5. The first-order chi connectivity index (χ1) is 9.15. The number of benzene rings is 1. The zero-order valence-corrected chi connectivity index (χ0v) is 11.5.